The van der Waals surface area contributed by atoms with Crippen molar-refractivity contribution in [1.29, 1.82) is 0 Å². The Morgan fingerprint density at radius 3 is 2.32 bits per heavy atom. The first-order chi connectivity index (χ1) is 9.04. The Balaban J connectivity index is 2.32. The minimum absolute atomic E-state index is 0.180. The number of likely N-dealkylation sites (tertiary alicyclic amines) is 1. The van der Waals surface area contributed by atoms with Gasteiger partial charge in [0.05, 0.1) is 18.2 Å². The van der Waals surface area contributed by atoms with Crippen LogP contribution < -0.4 is 0 Å². The Kier molecular flexibility index (Phi) is 4.47. The zero-order valence-electron chi connectivity index (χ0n) is 10.7. The topological polar surface area (TPSA) is 23.5 Å². The van der Waals surface area contributed by atoms with Crippen molar-refractivity contribution >= 4 is 0 Å². The molecule has 0 spiro atoms. The van der Waals surface area contributed by atoms with Crippen LogP contribution >= 0.6 is 0 Å². The number of piperidine rings is 1. The number of aliphatic hydroxyl groups is 1. The summed E-state index contributed by atoms with van der Waals surface area (Å²) in [5.74, 6) is 0. The highest BCUT2D eigenvalue weighted by atomic mass is 19.4. The summed E-state index contributed by atoms with van der Waals surface area (Å²) in [4.78, 5) is 1.95. The van der Waals surface area contributed by atoms with Gasteiger partial charge in [0.15, 0.2) is 0 Å². The largest absolute Gasteiger partial charge is 0.416 e. The first-order valence-corrected chi connectivity index (χ1v) is 6.55. The monoisotopic (exact) mass is 273 g/mol. The van der Waals surface area contributed by atoms with Crippen LogP contribution in [0, 0.1) is 0 Å². The van der Waals surface area contributed by atoms with E-state index in [4.69, 9.17) is 0 Å². The minimum atomic E-state index is -4.38. The molecule has 1 heterocycles. The molecular formula is C14H18F3NO. The van der Waals surface area contributed by atoms with Gasteiger partial charge in [-0.2, -0.15) is 13.2 Å². The van der Waals surface area contributed by atoms with E-state index in [0.29, 0.717) is 0 Å². The van der Waals surface area contributed by atoms with Gasteiger partial charge < -0.3 is 5.11 Å². The summed E-state index contributed by atoms with van der Waals surface area (Å²) < 4.78 is 39.0. The van der Waals surface area contributed by atoms with Crippen molar-refractivity contribution in [1.82, 2.24) is 4.90 Å². The van der Waals surface area contributed by atoms with Crippen molar-refractivity contribution in [3.8, 4) is 0 Å². The van der Waals surface area contributed by atoms with E-state index >= 15 is 0 Å². The standard InChI is InChI=1S/C14H18F3NO/c15-14(16,17)12-7-3-2-6-11(12)13(10-19)18-8-4-1-5-9-18/h2-3,6-7,13,19H,1,4-5,8-10H2/t13-/m1/s1. The molecule has 19 heavy (non-hydrogen) atoms. The molecule has 1 fully saturated rings. The van der Waals surface area contributed by atoms with Gasteiger partial charge in [0.2, 0.25) is 0 Å². The summed E-state index contributed by atoms with van der Waals surface area (Å²) in [5.41, 5.74) is -0.459. The zero-order chi connectivity index (χ0) is 13.9. The van der Waals surface area contributed by atoms with Crippen LogP contribution in [0.25, 0.3) is 0 Å². The lowest BCUT2D eigenvalue weighted by Gasteiger charge is -2.34. The molecule has 0 saturated carbocycles. The third-order valence-electron chi connectivity index (χ3n) is 3.63. The molecule has 106 valence electrons. The predicted molar refractivity (Wildman–Crippen MR) is 66.7 cm³/mol. The van der Waals surface area contributed by atoms with Crippen molar-refractivity contribution in [2.24, 2.45) is 0 Å². The van der Waals surface area contributed by atoms with Crippen LogP contribution in [-0.2, 0) is 6.18 Å². The van der Waals surface area contributed by atoms with Gasteiger partial charge in [0.1, 0.15) is 0 Å². The molecule has 2 rings (SSSR count). The first kappa shape index (κ1) is 14.3. The molecule has 1 aromatic rings. The normalized spacial score (nSPS) is 19.4. The second-order valence-electron chi connectivity index (χ2n) is 4.88. The fourth-order valence-corrected chi connectivity index (χ4v) is 2.69. The molecule has 0 bridgehead atoms. The molecule has 0 aromatic heterocycles. The van der Waals surface area contributed by atoms with Crippen molar-refractivity contribution in [2.75, 3.05) is 19.7 Å². The second kappa shape index (κ2) is 5.92. The molecule has 0 aliphatic carbocycles. The third kappa shape index (κ3) is 3.28. The molecule has 1 aliphatic heterocycles. The average molecular weight is 273 g/mol. The number of halogens is 3. The second-order valence-corrected chi connectivity index (χ2v) is 4.88. The predicted octanol–water partition coefficient (Wildman–Crippen LogP) is 3.22. The fraction of sp³-hybridized carbons (Fsp3) is 0.571. The molecular weight excluding hydrogens is 255 g/mol. The molecule has 0 radical (unpaired) electrons. The minimum Gasteiger partial charge on any atom is -0.394 e. The Labute approximate surface area is 110 Å². The van der Waals surface area contributed by atoms with E-state index < -0.39 is 17.8 Å². The van der Waals surface area contributed by atoms with E-state index in [0.717, 1.165) is 38.4 Å². The van der Waals surface area contributed by atoms with Crippen molar-refractivity contribution in [3.05, 3.63) is 35.4 Å². The van der Waals surface area contributed by atoms with Crippen LogP contribution in [0.2, 0.25) is 0 Å². The van der Waals surface area contributed by atoms with E-state index in [1.165, 1.54) is 12.1 Å². The highest BCUT2D eigenvalue weighted by molar-refractivity contribution is 5.32. The lowest BCUT2D eigenvalue weighted by molar-refractivity contribution is -0.139. The Bertz CT molecular complexity index is 413. The number of aliphatic hydroxyl groups excluding tert-OH is 1. The SMILES string of the molecule is OC[C@H](c1ccccc1C(F)(F)F)N1CCCCC1. The van der Waals surface area contributed by atoms with Crippen molar-refractivity contribution in [2.45, 2.75) is 31.5 Å². The molecule has 2 nitrogen and oxygen atoms in total. The molecule has 0 amide bonds. The van der Waals surface area contributed by atoms with Gasteiger partial charge in [-0.3, -0.25) is 4.90 Å². The number of hydrogen-bond donors (Lipinski definition) is 1. The Hall–Kier alpha value is -1.07. The molecule has 5 heteroatoms. The highest BCUT2D eigenvalue weighted by Gasteiger charge is 2.36. The van der Waals surface area contributed by atoms with Crippen molar-refractivity contribution < 1.29 is 18.3 Å². The van der Waals surface area contributed by atoms with E-state index in [1.54, 1.807) is 6.07 Å². The van der Waals surface area contributed by atoms with Gasteiger partial charge in [-0.25, -0.2) is 0 Å². The average Bonchev–Trinajstić information content (AvgIpc) is 2.40. The number of rotatable bonds is 3. The summed E-state index contributed by atoms with van der Waals surface area (Å²) in [6, 6.07) is 4.98. The van der Waals surface area contributed by atoms with Gasteiger partial charge in [0, 0.05) is 0 Å². The maximum Gasteiger partial charge on any atom is 0.416 e. The maximum absolute atomic E-state index is 13.0. The molecule has 0 unspecified atom stereocenters. The Morgan fingerprint density at radius 2 is 1.74 bits per heavy atom. The number of nitrogens with zero attached hydrogens (tertiary/aromatic N) is 1. The van der Waals surface area contributed by atoms with Gasteiger partial charge >= 0.3 is 6.18 Å². The van der Waals surface area contributed by atoms with Crippen LogP contribution in [0.3, 0.4) is 0 Å². The van der Waals surface area contributed by atoms with Crippen molar-refractivity contribution in [3.63, 3.8) is 0 Å². The van der Waals surface area contributed by atoms with Gasteiger partial charge in [-0.1, -0.05) is 24.6 Å². The van der Waals surface area contributed by atoms with Gasteiger partial charge in [0.25, 0.3) is 0 Å². The molecule has 1 saturated heterocycles. The third-order valence-corrected chi connectivity index (χ3v) is 3.63. The first-order valence-electron chi connectivity index (χ1n) is 6.55. The molecule has 1 atom stereocenters. The number of alkyl halides is 3. The number of hydrogen-bond acceptors (Lipinski definition) is 2. The smallest absolute Gasteiger partial charge is 0.394 e. The van der Waals surface area contributed by atoms with E-state index in [9.17, 15) is 18.3 Å². The quantitative estimate of drug-likeness (QED) is 0.914. The van der Waals surface area contributed by atoms with Crippen LogP contribution in [0.4, 0.5) is 13.2 Å². The fourth-order valence-electron chi connectivity index (χ4n) is 2.69. The lowest BCUT2D eigenvalue weighted by atomic mass is 9.97. The van der Waals surface area contributed by atoms with Crippen LogP contribution in [0.5, 0.6) is 0 Å². The van der Waals surface area contributed by atoms with E-state index in [-0.39, 0.29) is 12.2 Å². The maximum atomic E-state index is 13.0. The van der Waals surface area contributed by atoms with Gasteiger partial charge in [-0.15, -0.1) is 0 Å². The summed E-state index contributed by atoms with van der Waals surface area (Å²) in [7, 11) is 0. The summed E-state index contributed by atoms with van der Waals surface area (Å²) in [6.45, 7) is 1.21. The van der Waals surface area contributed by atoms with Crippen LogP contribution in [0.15, 0.2) is 24.3 Å². The molecule has 1 aromatic carbocycles. The highest BCUT2D eigenvalue weighted by Crippen LogP contribution is 2.36. The van der Waals surface area contributed by atoms with Crippen LogP contribution in [0.1, 0.15) is 36.4 Å². The molecule has 1 N–H and O–H groups in total. The van der Waals surface area contributed by atoms with E-state index in [2.05, 4.69) is 0 Å². The summed E-state index contributed by atoms with van der Waals surface area (Å²) in [6.07, 6.45) is -1.31. The summed E-state index contributed by atoms with van der Waals surface area (Å²) in [5, 5.41) is 9.51. The van der Waals surface area contributed by atoms with Crippen LogP contribution in [-0.4, -0.2) is 29.7 Å². The summed E-state index contributed by atoms with van der Waals surface area (Å²) >= 11 is 0. The van der Waals surface area contributed by atoms with E-state index in [1.807, 2.05) is 4.90 Å². The number of benzene rings is 1. The van der Waals surface area contributed by atoms with Gasteiger partial charge in [-0.05, 0) is 37.6 Å². The Morgan fingerprint density at radius 1 is 1.11 bits per heavy atom. The lowest BCUT2D eigenvalue weighted by Crippen LogP contribution is -2.36. The zero-order valence-corrected chi connectivity index (χ0v) is 10.7. The molecule has 1 aliphatic rings.